The van der Waals surface area contributed by atoms with Crippen molar-refractivity contribution < 1.29 is 23.5 Å². The van der Waals surface area contributed by atoms with Crippen LogP contribution in [0.1, 0.15) is 17.0 Å². The topological polar surface area (TPSA) is 55.8 Å². The van der Waals surface area contributed by atoms with E-state index < -0.39 is 17.9 Å². The van der Waals surface area contributed by atoms with Crippen molar-refractivity contribution in [2.45, 2.75) is 12.3 Å². The second-order valence-corrected chi connectivity index (χ2v) is 7.67. The Balaban J connectivity index is 1.96. The molecule has 1 aliphatic heterocycles. The summed E-state index contributed by atoms with van der Waals surface area (Å²) in [6.45, 7) is 0.486. The molecule has 0 unspecified atom stereocenters. The fourth-order valence-corrected chi connectivity index (χ4v) is 3.61. The van der Waals surface area contributed by atoms with Gasteiger partial charge in [0.2, 0.25) is 0 Å². The SMILES string of the molecule is COC(=O)C1=CN(CCc2ccc(F)cc2)C=C(C(=O)OC)C1c1ccc(Br)cc1. The van der Waals surface area contributed by atoms with Crippen molar-refractivity contribution in [2.75, 3.05) is 20.8 Å². The van der Waals surface area contributed by atoms with Crippen LogP contribution in [0.25, 0.3) is 0 Å². The minimum atomic E-state index is -0.611. The number of carbonyl (C=O) groups is 2. The first-order chi connectivity index (χ1) is 14.4. The van der Waals surface area contributed by atoms with Crippen molar-refractivity contribution >= 4 is 27.9 Å². The fraction of sp³-hybridized carbons (Fsp3) is 0.217. The van der Waals surface area contributed by atoms with E-state index in [0.29, 0.717) is 24.1 Å². The van der Waals surface area contributed by atoms with Crippen LogP contribution < -0.4 is 0 Å². The smallest absolute Gasteiger partial charge is 0.336 e. The van der Waals surface area contributed by atoms with Crippen LogP contribution in [0.2, 0.25) is 0 Å². The van der Waals surface area contributed by atoms with E-state index in [4.69, 9.17) is 9.47 Å². The van der Waals surface area contributed by atoms with E-state index >= 15 is 0 Å². The number of ether oxygens (including phenoxy) is 2. The molecule has 1 heterocycles. The van der Waals surface area contributed by atoms with Crippen molar-refractivity contribution in [1.82, 2.24) is 4.90 Å². The summed E-state index contributed by atoms with van der Waals surface area (Å²) in [6, 6.07) is 13.6. The molecule has 156 valence electrons. The molecular weight excluding hydrogens is 453 g/mol. The maximum atomic E-state index is 13.1. The number of carbonyl (C=O) groups excluding carboxylic acids is 2. The molecule has 0 saturated heterocycles. The Morgan fingerprint density at radius 2 is 1.47 bits per heavy atom. The molecule has 0 radical (unpaired) electrons. The lowest BCUT2D eigenvalue weighted by Gasteiger charge is -2.30. The van der Waals surface area contributed by atoms with Gasteiger partial charge in [0.1, 0.15) is 5.82 Å². The molecule has 30 heavy (non-hydrogen) atoms. The first kappa shape index (κ1) is 21.8. The van der Waals surface area contributed by atoms with Crippen molar-refractivity contribution in [3.8, 4) is 0 Å². The average molecular weight is 474 g/mol. The zero-order chi connectivity index (χ0) is 21.7. The quantitative estimate of drug-likeness (QED) is 0.583. The van der Waals surface area contributed by atoms with Crippen LogP contribution in [0.4, 0.5) is 4.39 Å². The molecule has 0 fully saturated rings. The molecule has 0 N–H and O–H groups in total. The summed E-state index contributed by atoms with van der Waals surface area (Å²) in [7, 11) is 2.61. The van der Waals surface area contributed by atoms with Gasteiger partial charge in [0, 0.05) is 23.4 Å². The molecule has 7 heteroatoms. The lowest BCUT2D eigenvalue weighted by molar-refractivity contribution is -0.137. The third-order valence-electron chi connectivity index (χ3n) is 4.85. The number of nitrogens with zero attached hydrogens (tertiary/aromatic N) is 1. The Bertz CT molecular complexity index is 949. The van der Waals surface area contributed by atoms with E-state index in [1.54, 1.807) is 29.4 Å². The normalized spacial score (nSPS) is 14.1. The van der Waals surface area contributed by atoms with E-state index in [0.717, 1.165) is 15.6 Å². The summed E-state index contributed by atoms with van der Waals surface area (Å²) in [4.78, 5) is 26.9. The molecular formula is C23H21BrFNO4. The minimum absolute atomic E-state index is 0.296. The average Bonchev–Trinajstić information content (AvgIpc) is 2.77. The Kier molecular flexibility index (Phi) is 7.05. The van der Waals surface area contributed by atoms with Crippen LogP contribution in [0.5, 0.6) is 0 Å². The van der Waals surface area contributed by atoms with Gasteiger partial charge in [0.25, 0.3) is 0 Å². The van der Waals surface area contributed by atoms with Gasteiger partial charge in [0.05, 0.1) is 31.3 Å². The van der Waals surface area contributed by atoms with Gasteiger partial charge in [-0.05, 0) is 41.8 Å². The first-order valence-electron chi connectivity index (χ1n) is 9.28. The zero-order valence-corrected chi connectivity index (χ0v) is 18.2. The summed E-state index contributed by atoms with van der Waals surface area (Å²) >= 11 is 3.40. The lowest BCUT2D eigenvalue weighted by atomic mass is 9.83. The van der Waals surface area contributed by atoms with Crippen LogP contribution in [0, 0.1) is 5.82 Å². The Hall–Kier alpha value is -2.93. The molecule has 0 aliphatic carbocycles. The van der Waals surface area contributed by atoms with Gasteiger partial charge in [-0.25, -0.2) is 14.0 Å². The molecule has 0 atom stereocenters. The monoisotopic (exact) mass is 473 g/mol. The molecule has 0 amide bonds. The number of hydrogen-bond acceptors (Lipinski definition) is 5. The van der Waals surface area contributed by atoms with E-state index in [1.165, 1.54) is 26.4 Å². The van der Waals surface area contributed by atoms with E-state index in [2.05, 4.69) is 15.9 Å². The number of benzene rings is 2. The van der Waals surface area contributed by atoms with Crippen molar-refractivity contribution in [3.05, 3.63) is 93.5 Å². The maximum absolute atomic E-state index is 13.1. The van der Waals surface area contributed by atoms with Crippen LogP contribution >= 0.6 is 15.9 Å². The van der Waals surface area contributed by atoms with Crippen LogP contribution in [-0.2, 0) is 25.5 Å². The Labute approximate surface area is 182 Å². The second-order valence-electron chi connectivity index (χ2n) is 6.75. The third-order valence-corrected chi connectivity index (χ3v) is 5.38. The van der Waals surface area contributed by atoms with Crippen LogP contribution in [0.3, 0.4) is 0 Å². The van der Waals surface area contributed by atoms with Gasteiger partial charge < -0.3 is 14.4 Å². The first-order valence-corrected chi connectivity index (χ1v) is 10.1. The second kappa shape index (κ2) is 9.71. The fourth-order valence-electron chi connectivity index (χ4n) is 3.34. The summed E-state index contributed by atoms with van der Waals surface area (Å²) in [5, 5.41) is 0. The standard InChI is InChI=1S/C23H21BrFNO4/c1-29-22(27)19-13-26(12-11-15-3-9-18(25)10-4-15)14-20(23(28)30-2)21(19)16-5-7-17(24)8-6-16/h3-10,13-14,21H,11-12H2,1-2H3. The van der Waals surface area contributed by atoms with Gasteiger partial charge in [0.15, 0.2) is 0 Å². The molecule has 2 aromatic rings. The van der Waals surface area contributed by atoms with Crippen molar-refractivity contribution in [1.29, 1.82) is 0 Å². The molecule has 1 aliphatic rings. The highest BCUT2D eigenvalue weighted by atomic mass is 79.9. The highest BCUT2D eigenvalue weighted by Gasteiger charge is 2.35. The number of hydrogen-bond donors (Lipinski definition) is 0. The van der Waals surface area contributed by atoms with Gasteiger partial charge >= 0.3 is 11.9 Å². The number of rotatable bonds is 6. The van der Waals surface area contributed by atoms with E-state index in [-0.39, 0.29) is 5.82 Å². The molecule has 3 rings (SSSR count). The zero-order valence-electron chi connectivity index (χ0n) is 16.6. The molecule has 0 bridgehead atoms. The Morgan fingerprint density at radius 1 is 0.933 bits per heavy atom. The third kappa shape index (κ3) is 4.97. The number of halogens is 2. The Morgan fingerprint density at radius 3 is 1.97 bits per heavy atom. The van der Waals surface area contributed by atoms with Gasteiger partial charge in [-0.1, -0.05) is 40.2 Å². The highest BCUT2D eigenvalue weighted by molar-refractivity contribution is 9.10. The number of methoxy groups -OCH3 is 2. The maximum Gasteiger partial charge on any atom is 0.336 e. The van der Waals surface area contributed by atoms with Crippen LogP contribution in [-0.4, -0.2) is 37.6 Å². The summed E-state index contributed by atoms with van der Waals surface area (Å²) < 4.78 is 24.0. The summed E-state index contributed by atoms with van der Waals surface area (Å²) in [6.07, 6.45) is 3.97. The van der Waals surface area contributed by atoms with E-state index in [9.17, 15) is 14.0 Å². The van der Waals surface area contributed by atoms with Gasteiger partial charge in [-0.2, -0.15) is 0 Å². The largest absolute Gasteiger partial charge is 0.466 e. The van der Waals surface area contributed by atoms with Crippen molar-refractivity contribution in [3.63, 3.8) is 0 Å². The molecule has 0 saturated carbocycles. The van der Waals surface area contributed by atoms with Gasteiger partial charge in [-0.3, -0.25) is 0 Å². The predicted molar refractivity (Wildman–Crippen MR) is 114 cm³/mol. The van der Waals surface area contributed by atoms with Crippen LogP contribution in [0.15, 0.2) is 76.5 Å². The molecule has 0 spiro atoms. The number of esters is 2. The summed E-state index contributed by atoms with van der Waals surface area (Å²) in [5.74, 6) is -1.96. The summed E-state index contributed by atoms with van der Waals surface area (Å²) in [5.41, 5.74) is 2.38. The van der Waals surface area contributed by atoms with E-state index in [1.807, 2.05) is 24.3 Å². The molecule has 2 aromatic carbocycles. The van der Waals surface area contributed by atoms with Crippen molar-refractivity contribution in [2.24, 2.45) is 0 Å². The van der Waals surface area contributed by atoms with Gasteiger partial charge in [-0.15, -0.1) is 0 Å². The minimum Gasteiger partial charge on any atom is -0.466 e. The predicted octanol–water partition coefficient (Wildman–Crippen LogP) is 4.34. The molecule has 5 nitrogen and oxygen atoms in total. The lowest BCUT2D eigenvalue weighted by Crippen LogP contribution is -2.29. The highest BCUT2D eigenvalue weighted by Crippen LogP contribution is 2.37. The molecule has 0 aromatic heterocycles.